The number of halogens is 2. The number of hydrogen-bond donors (Lipinski definition) is 0. The molecule has 6 atom stereocenters. The summed E-state index contributed by atoms with van der Waals surface area (Å²) in [6.07, 6.45) is 18.7. The van der Waals surface area contributed by atoms with E-state index in [-0.39, 0.29) is 14.9 Å². The van der Waals surface area contributed by atoms with Gasteiger partial charge in [-0.2, -0.15) is 0 Å². The van der Waals surface area contributed by atoms with Crippen molar-refractivity contribution < 1.29 is 20.8 Å². The molecule has 3 heteroatoms. The van der Waals surface area contributed by atoms with Crippen LogP contribution in [0.5, 0.6) is 0 Å². The molecule has 0 saturated heterocycles. The first-order valence-corrected chi connectivity index (χ1v) is 16.9. The molecule has 4 rings (SSSR count). The van der Waals surface area contributed by atoms with Gasteiger partial charge in [0.05, 0.1) is 0 Å². The Kier molecular flexibility index (Phi) is 11.4. The van der Waals surface area contributed by atoms with Gasteiger partial charge in [-0.1, -0.05) is 52.4 Å². The third-order valence-electron chi connectivity index (χ3n) is 8.58. The molecule has 0 N–H and O–H groups in total. The van der Waals surface area contributed by atoms with E-state index >= 15 is 0 Å². The quantitative estimate of drug-likeness (QED) is 0.347. The van der Waals surface area contributed by atoms with Gasteiger partial charge >= 0.3 is 37.9 Å². The van der Waals surface area contributed by atoms with Crippen molar-refractivity contribution in [3.63, 3.8) is 0 Å². The molecule has 0 aromatic carbocycles. The van der Waals surface area contributed by atoms with Crippen molar-refractivity contribution >= 4 is 17.0 Å². The third kappa shape index (κ3) is 5.33. The predicted octanol–water partition coefficient (Wildman–Crippen LogP) is 8.72. The SMILES string of the molecule is CC(C)(C1CCC2CCCCC21)C1CCC2CCCCC21.[CH3-].[CH3-].[Cl][Zr+2][Cl]. The topological polar surface area (TPSA) is 0 Å². The number of rotatable bonds is 2. The minimum atomic E-state index is -0.826. The summed E-state index contributed by atoms with van der Waals surface area (Å²) in [5.41, 5.74) is 0.632. The fraction of sp³-hybridized carbons (Fsp3) is 0.913. The van der Waals surface area contributed by atoms with Crippen molar-refractivity contribution in [1.29, 1.82) is 0 Å². The van der Waals surface area contributed by atoms with Crippen molar-refractivity contribution in [1.82, 2.24) is 0 Å². The Morgan fingerprint density at radius 1 is 0.615 bits per heavy atom. The Balaban J connectivity index is 0.000000635. The molecule has 26 heavy (non-hydrogen) atoms. The monoisotopic (exact) mass is 478 g/mol. The molecular weight excluding hydrogens is 438 g/mol. The molecule has 0 aromatic rings. The van der Waals surface area contributed by atoms with Crippen molar-refractivity contribution in [2.24, 2.45) is 40.9 Å². The summed E-state index contributed by atoms with van der Waals surface area (Å²) >= 11 is -0.826. The van der Waals surface area contributed by atoms with Crippen LogP contribution in [0.2, 0.25) is 0 Å². The van der Waals surface area contributed by atoms with Gasteiger partial charge in [-0.15, -0.1) is 0 Å². The summed E-state index contributed by atoms with van der Waals surface area (Å²) in [6, 6.07) is 0. The standard InChI is InChI=1S/C21H36.2CH3.2ClH.Zr/c1-21(2,19-13-11-15-7-3-5-9-17(15)19)20-14-12-16-8-4-6-10-18(16)20;;;;;/h15-20H,3-14H2,1-2H3;2*1H3;2*1H;/q;2*-1;;;+4/p-2. The fourth-order valence-electron chi connectivity index (χ4n) is 7.59. The van der Waals surface area contributed by atoms with Crippen LogP contribution in [-0.2, 0) is 20.8 Å². The van der Waals surface area contributed by atoms with Crippen LogP contribution in [0.3, 0.4) is 0 Å². The Bertz CT molecular complexity index is 364. The molecule has 0 bridgehead atoms. The summed E-state index contributed by atoms with van der Waals surface area (Å²) < 4.78 is 0. The van der Waals surface area contributed by atoms with E-state index in [9.17, 15) is 0 Å². The molecule has 4 fully saturated rings. The Hall–Kier alpha value is 1.46. The van der Waals surface area contributed by atoms with E-state index < -0.39 is 20.8 Å². The molecular formula is C23H42Cl2Zr. The predicted molar refractivity (Wildman–Crippen MR) is 115 cm³/mol. The maximum absolute atomic E-state index is 4.93. The van der Waals surface area contributed by atoms with Crippen LogP contribution in [-0.4, -0.2) is 0 Å². The molecule has 4 saturated carbocycles. The van der Waals surface area contributed by atoms with Crippen molar-refractivity contribution in [3.8, 4) is 0 Å². The zero-order valence-electron chi connectivity index (χ0n) is 17.7. The molecule has 0 spiro atoms. The molecule has 0 radical (unpaired) electrons. The van der Waals surface area contributed by atoms with E-state index in [1.807, 2.05) is 0 Å². The number of hydrogen-bond acceptors (Lipinski definition) is 0. The van der Waals surface area contributed by atoms with Crippen molar-refractivity contribution in [2.45, 2.75) is 90.9 Å². The second kappa shape index (κ2) is 11.6. The van der Waals surface area contributed by atoms with Gasteiger partial charge in [-0.05, 0) is 79.4 Å². The molecule has 0 heterocycles. The first-order valence-electron chi connectivity index (χ1n) is 10.6. The van der Waals surface area contributed by atoms with Gasteiger partial charge in [0, 0.05) is 0 Å². The van der Waals surface area contributed by atoms with E-state index in [1.165, 1.54) is 25.7 Å². The molecule has 0 aliphatic heterocycles. The van der Waals surface area contributed by atoms with Crippen LogP contribution in [0.15, 0.2) is 0 Å². The fourth-order valence-corrected chi connectivity index (χ4v) is 7.59. The molecule has 152 valence electrons. The zero-order valence-corrected chi connectivity index (χ0v) is 21.7. The summed E-state index contributed by atoms with van der Waals surface area (Å²) in [5, 5.41) is 0. The van der Waals surface area contributed by atoms with Crippen molar-refractivity contribution in [3.05, 3.63) is 14.9 Å². The van der Waals surface area contributed by atoms with Crippen LogP contribution >= 0.6 is 17.0 Å². The average molecular weight is 481 g/mol. The van der Waals surface area contributed by atoms with E-state index in [4.69, 9.17) is 17.0 Å². The van der Waals surface area contributed by atoms with Crippen LogP contribution < -0.4 is 0 Å². The van der Waals surface area contributed by atoms with Crippen LogP contribution in [0.4, 0.5) is 0 Å². The molecule has 0 nitrogen and oxygen atoms in total. The number of fused-ring (bicyclic) bond motifs is 2. The molecule has 0 aromatic heterocycles. The summed E-state index contributed by atoms with van der Waals surface area (Å²) in [6.45, 7) is 5.38. The third-order valence-corrected chi connectivity index (χ3v) is 8.58. The van der Waals surface area contributed by atoms with E-state index in [0.29, 0.717) is 5.41 Å². The molecule has 6 unspecified atom stereocenters. The Morgan fingerprint density at radius 3 is 1.35 bits per heavy atom. The molecule has 4 aliphatic carbocycles. The van der Waals surface area contributed by atoms with E-state index in [1.54, 1.807) is 51.4 Å². The first kappa shape index (κ1) is 25.5. The van der Waals surface area contributed by atoms with E-state index in [2.05, 4.69) is 13.8 Å². The van der Waals surface area contributed by atoms with Gasteiger partial charge in [0.25, 0.3) is 0 Å². The summed E-state index contributed by atoms with van der Waals surface area (Å²) in [4.78, 5) is 0. The first-order chi connectivity index (χ1) is 11.6. The van der Waals surface area contributed by atoms with Crippen LogP contribution in [0.1, 0.15) is 90.9 Å². The average Bonchev–Trinajstić information content (AvgIpc) is 3.20. The van der Waals surface area contributed by atoms with Crippen LogP contribution in [0, 0.1) is 55.8 Å². The maximum atomic E-state index is 4.93. The Labute approximate surface area is 183 Å². The van der Waals surface area contributed by atoms with Gasteiger partial charge in [0.15, 0.2) is 0 Å². The van der Waals surface area contributed by atoms with Gasteiger partial charge in [0.1, 0.15) is 0 Å². The van der Waals surface area contributed by atoms with Gasteiger partial charge in [0.2, 0.25) is 0 Å². The van der Waals surface area contributed by atoms with Crippen molar-refractivity contribution in [2.75, 3.05) is 0 Å². The van der Waals surface area contributed by atoms with Gasteiger partial charge in [-0.3, -0.25) is 0 Å². The minimum absolute atomic E-state index is 0. The van der Waals surface area contributed by atoms with E-state index in [0.717, 1.165) is 35.5 Å². The summed E-state index contributed by atoms with van der Waals surface area (Å²) in [7, 11) is 9.87. The Morgan fingerprint density at radius 2 is 0.962 bits per heavy atom. The summed E-state index contributed by atoms with van der Waals surface area (Å²) in [5.74, 6) is 6.58. The second-order valence-corrected chi connectivity index (χ2v) is 13.4. The van der Waals surface area contributed by atoms with Gasteiger partial charge < -0.3 is 14.9 Å². The normalized spacial score (nSPS) is 38.5. The second-order valence-electron chi connectivity index (χ2n) is 9.68. The van der Waals surface area contributed by atoms with Gasteiger partial charge in [-0.25, -0.2) is 0 Å². The zero-order chi connectivity index (χ0) is 17.2. The molecule has 4 aliphatic rings. The molecule has 0 amide bonds. The van der Waals surface area contributed by atoms with Crippen LogP contribution in [0.25, 0.3) is 0 Å².